The van der Waals surface area contributed by atoms with Gasteiger partial charge in [0.05, 0.1) is 0 Å². The average Bonchev–Trinajstić information content (AvgIpc) is 2.75. The molecule has 1 heterocycles. The minimum Gasteiger partial charge on any atom is -0.237 e. The van der Waals surface area contributed by atoms with Crippen LogP contribution in [0.5, 0.6) is 0 Å². The molecule has 0 bridgehead atoms. The van der Waals surface area contributed by atoms with E-state index in [1.807, 2.05) is 0 Å². The highest BCUT2D eigenvalue weighted by atomic mass is 35.5. The molecular weight excluding hydrogens is 196 g/mol. The second kappa shape index (κ2) is 2.69. The number of nitrogens with zero attached hydrogens (tertiary/aromatic N) is 2. The smallest absolute Gasteiger partial charge is 0.136 e. The number of hydrogen-bond donors (Lipinski definition) is 0. The summed E-state index contributed by atoms with van der Waals surface area (Å²) in [5.41, 5.74) is 2.63. The van der Waals surface area contributed by atoms with Gasteiger partial charge in [-0.2, -0.15) is 0 Å². The number of halogens is 1. The Hall–Kier alpha value is -0.630. The second-order valence-corrected chi connectivity index (χ2v) is 5.04. The van der Waals surface area contributed by atoms with Gasteiger partial charge in [-0.3, -0.25) is 0 Å². The predicted octanol–water partition coefficient (Wildman–Crippen LogP) is 2.67. The van der Waals surface area contributed by atoms with Crippen molar-refractivity contribution < 1.29 is 0 Å². The van der Waals surface area contributed by atoms with Gasteiger partial charge in [-0.1, -0.05) is 18.5 Å². The SMILES string of the molecule is CC1(c2nc(Cl)c3c(n2)CCC3)CC1. The fourth-order valence-electron chi connectivity index (χ4n) is 2.07. The Morgan fingerprint density at radius 3 is 2.71 bits per heavy atom. The molecule has 0 saturated heterocycles. The first kappa shape index (κ1) is 8.66. The van der Waals surface area contributed by atoms with Crippen LogP contribution in [0, 0.1) is 0 Å². The molecule has 0 amide bonds. The van der Waals surface area contributed by atoms with Crippen LogP contribution in [0.15, 0.2) is 0 Å². The quantitative estimate of drug-likeness (QED) is 0.664. The van der Waals surface area contributed by atoms with Gasteiger partial charge >= 0.3 is 0 Å². The maximum atomic E-state index is 6.16. The van der Waals surface area contributed by atoms with Crippen LogP contribution in [0.3, 0.4) is 0 Å². The molecule has 74 valence electrons. The number of aromatic nitrogens is 2. The number of fused-ring (bicyclic) bond motifs is 1. The zero-order valence-corrected chi connectivity index (χ0v) is 9.06. The van der Waals surface area contributed by atoms with E-state index in [9.17, 15) is 0 Å². The molecule has 0 aromatic carbocycles. The van der Waals surface area contributed by atoms with Crippen molar-refractivity contribution in [3.8, 4) is 0 Å². The van der Waals surface area contributed by atoms with Crippen molar-refractivity contribution in [2.24, 2.45) is 0 Å². The fourth-order valence-corrected chi connectivity index (χ4v) is 2.35. The molecule has 14 heavy (non-hydrogen) atoms. The van der Waals surface area contributed by atoms with E-state index in [0.29, 0.717) is 5.15 Å². The Kier molecular flexibility index (Phi) is 1.67. The van der Waals surface area contributed by atoms with Crippen molar-refractivity contribution >= 4 is 11.6 Å². The first-order chi connectivity index (χ1) is 6.69. The topological polar surface area (TPSA) is 25.8 Å². The molecule has 2 aliphatic rings. The Bertz CT molecular complexity index is 397. The summed E-state index contributed by atoms with van der Waals surface area (Å²) in [6.07, 6.45) is 5.75. The largest absolute Gasteiger partial charge is 0.237 e. The molecule has 1 saturated carbocycles. The highest BCUT2D eigenvalue weighted by Crippen LogP contribution is 2.46. The Labute approximate surface area is 88.7 Å². The molecule has 1 fully saturated rings. The zero-order chi connectivity index (χ0) is 9.76. The third-order valence-corrected chi connectivity index (χ3v) is 3.74. The Morgan fingerprint density at radius 1 is 1.21 bits per heavy atom. The van der Waals surface area contributed by atoms with E-state index in [1.165, 1.54) is 30.5 Å². The lowest BCUT2D eigenvalue weighted by molar-refractivity contribution is 0.699. The molecule has 1 aromatic heterocycles. The molecule has 0 N–H and O–H groups in total. The van der Waals surface area contributed by atoms with Gasteiger partial charge in [0.25, 0.3) is 0 Å². The summed E-state index contributed by atoms with van der Waals surface area (Å²) in [6.45, 7) is 2.22. The van der Waals surface area contributed by atoms with Crippen molar-refractivity contribution in [2.75, 3.05) is 0 Å². The van der Waals surface area contributed by atoms with Gasteiger partial charge in [-0.15, -0.1) is 0 Å². The maximum absolute atomic E-state index is 6.16. The van der Waals surface area contributed by atoms with Gasteiger partial charge in [0.15, 0.2) is 0 Å². The molecule has 2 aliphatic carbocycles. The predicted molar refractivity (Wildman–Crippen MR) is 55.7 cm³/mol. The van der Waals surface area contributed by atoms with Crippen molar-refractivity contribution in [3.05, 3.63) is 22.2 Å². The van der Waals surface area contributed by atoms with Gasteiger partial charge in [-0.25, -0.2) is 9.97 Å². The summed E-state index contributed by atoms with van der Waals surface area (Å²) >= 11 is 6.16. The molecule has 0 radical (unpaired) electrons. The average molecular weight is 209 g/mol. The van der Waals surface area contributed by atoms with Gasteiger partial charge < -0.3 is 0 Å². The summed E-state index contributed by atoms with van der Waals surface area (Å²) in [4.78, 5) is 9.09. The molecule has 3 heteroatoms. The first-order valence-corrected chi connectivity index (χ1v) is 5.63. The monoisotopic (exact) mass is 208 g/mol. The van der Waals surface area contributed by atoms with E-state index in [1.54, 1.807) is 0 Å². The standard InChI is InChI=1S/C11H13ClN2/c1-11(5-6-11)10-13-8-4-2-3-7(8)9(12)14-10/h2-6H2,1H3. The van der Waals surface area contributed by atoms with Crippen LogP contribution < -0.4 is 0 Å². The molecule has 3 rings (SSSR count). The van der Waals surface area contributed by atoms with E-state index >= 15 is 0 Å². The molecule has 1 aromatic rings. The van der Waals surface area contributed by atoms with Crippen molar-refractivity contribution in [1.29, 1.82) is 0 Å². The first-order valence-electron chi connectivity index (χ1n) is 5.25. The van der Waals surface area contributed by atoms with Gasteiger partial charge in [0.2, 0.25) is 0 Å². The van der Waals surface area contributed by atoms with Crippen LogP contribution in [0.1, 0.15) is 43.3 Å². The van der Waals surface area contributed by atoms with Crippen molar-refractivity contribution in [1.82, 2.24) is 9.97 Å². The van der Waals surface area contributed by atoms with Crippen molar-refractivity contribution in [2.45, 2.75) is 44.4 Å². The highest BCUT2D eigenvalue weighted by molar-refractivity contribution is 6.30. The fraction of sp³-hybridized carbons (Fsp3) is 0.636. The van der Waals surface area contributed by atoms with Gasteiger partial charge in [0.1, 0.15) is 11.0 Å². The van der Waals surface area contributed by atoms with Crippen LogP contribution >= 0.6 is 11.6 Å². The zero-order valence-electron chi connectivity index (χ0n) is 8.31. The van der Waals surface area contributed by atoms with Crippen LogP contribution in [-0.2, 0) is 18.3 Å². The summed E-state index contributed by atoms with van der Waals surface area (Å²) in [5, 5.41) is 0.704. The minimum absolute atomic E-state index is 0.237. The van der Waals surface area contributed by atoms with Crippen molar-refractivity contribution in [3.63, 3.8) is 0 Å². The second-order valence-electron chi connectivity index (χ2n) is 4.68. The lowest BCUT2D eigenvalue weighted by Gasteiger charge is -2.09. The van der Waals surface area contributed by atoms with Gasteiger partial charge in [0, 0.05) is 16.7 Å². The summed E-state index contributed by atoms with van der Waals surface area (Å²) in [6, 6.07) is 0. The lowest BCUT2D eigenvalue weighted by atomic mass is 10.1. The summed E-state index contributed by atoms with van der Waals surface area (Å²) < 4.78 is 0. The number of hydrogen-bond acceptors (Lipinski definition) is 2. The molecular formula is C11H13ClN2. The normalized spacial score (nSPS) is 22.1. The summed E-state index contributed by atoms with van der Waals surface area (Å²) in [7, 11) is 0. The number of aryl methyl sites for hydroxylation is 1. The molecule has 2 nitrogen and oxygen atoms in total. The van der Waals surface area contributed by atoms with Crippen LogP contribution in [-0.4, -0.2) is 9.97 Å². The third kappa shape index (κ3) is 1.17. The molecule has 0 atom stereocenters. The summed E-state index contributed by atoms with van der Waals surface area (Å²) in [5.74, 6) is 0.975. The van der Waals surface area contributed by atoms with Crippen LogP contribution in [0.4, 0.5) is 0 Å². The highest BCUT2D eigenvalue weighted by Gasteiger charge is 2.42. The van der Waals surface area contributed by atoms with E-state index in [-0.39, 0.29) is 5.41 Å². The lowest BCUT2D eigenvalue weighted by Crippen LogP contribution is -2.09. The Morgan fingerprint density at radius 2 is 2.00 bits per heavy atom. The Balaban J connectivity index is 2.12. The molecule has 0 aliphatic heterocycles. The van der Waals surface area contributed by atoms with Crippen LogP contribution in [0.2, 0.25) is 5.15 Å². The van der Waals surface area contributed by atoms with Gasteiger partial charge in [-0.05, 0) is 32.1 Å². The minimum atomic E-state index is 0.237. The van der Waals surface area contributed by atoms with Crippen LogP contribution in [0.25, 0.3) is 0 Å². The molecule has 0 unspecified atom stereocenters. The maximum Gasteiger partial charge on any atom is 0.136 e. The van der Waals surface area contributed by atoms with E-state index in [0.717, 1.165) is 18.7 Å². The molecule has 0 spiro atoms. The van der Waals surface area contributed by atoms with E-state index in [2.05, 4.69) is 16.9 Å². The van der Waals surface area contributed by atoms with E-state index < -0.39 is 0 Å². The third-order valence-electron chi connectivity index (χ3n) is 3.42. The van der Waals surface area contributed by atoms with E-state index in [4.69, 9.17) is 11.6 Å². The number of rotatable bonds is 1.